The van der Waals surface area contributed by atoms with Gasteiger partial charge in [-0.25, -0.2) is 5.48 Å². The van der Waals surface area contributed by atoms with Gasteiger partial charge in [0.15, 0.2) is 0 Å². The van der Waals surface area contributed by atoms with Gasteiger partial charge >= 0.3 is 0 Å². The second-order valence-electron chi connectivity index (χ2n) is 10.6. The summed E-state index contributed by atoms with van der Waals surface area (Å²) in [5.41, 5.74) is 3.73. The van der Waals surface area contributed by atoms with Gasteiger partial charge in [-0.05, 0) is 24.6 Å². The zero-order chi connectivity index (χ0) is 31.7. The van der Waals surface area contributed by atoms with Crippen molar-refractivity contribution >= 4 is 46.6 Å². The Balaban J connectivity index is 0.00000675. The molecule has 3 aromatic heterocycles. The van der Waals surface area contributed by atoms with Gasteiger partial charge in [0.2, 0.25) is 11.8 Å². The minimum atomic E-state index is -0.575. The van der Waals surface area contributed by atoms with Crippen LogP contribution in [0.1, 0.15) is 57.1 Å². The van der Waals surface area contributed by atoms with E-state index in [0.717, 1.165) is 13.0 Å². The third-order valence-electron chi connectivity index (χ3n) is 6.58. The summed E-state index contributed by atoms with van der Waals surface area (Å²) in [4.78, 5) is 63.1. The summed E-state index contributed by atoms with van der Waals surface area (Å²) < 4.78 is 4.76. The fourth-order valence-electron chi connectivity index (χ4n) is 4.39. The van der Waals surface area contributed by atoms with Gasteiger partial charge in [-0.15, -0.1) is 0 Å². The van der Waals surface area contributed by atoms with Crippen LogP contribution in [-0.4, -0.2) is 75.6 Å². The Labute approximate surface area is 261 Å². The zero-order valence-corrected chi connectivity index (χ0v) is 26.2. The van der Waals surface area contributed by atoms with Crippen LogP contribution in [0.25, 0.3) is 0 Å². The number of carbonyl (C=O) groups is 5. The molecular weight excluding hydrogens is 594 g/mol. The summed E-state index contributed by atoms with van der Waals surface area (Å²) in [6.07, 6.45) is 6.00. The van der Waals surface area contributed by atoms with E-state index in [1.165, 1.54) is 22.5 Å². The van der Waals surface area contributed by atoms with Gasteiger partial charge in [0, 0.05) is 65.5 Å². The standard InChI is InChI=1S/C28H39N9O6.ClH/c1-34(2)11-7-10-29-26(40)21-13-19(16-35(21)3)31-28(42)23-14-20(17-37(23)5)32-27(41)22-12-18(15-36(22)4)30-24(38)8-6-9-25(39)33-43;/h12-17,43H,6-11H2,1-5H3,(H,29,40)(H,30,38)(H,31,42)(H,32,41)(H,33,39);1H. The topological polar surface area (TPSA) is 185 Å². The van der Waals surface area contributed by atoms with Crippen LogP contribution in [0.15, 0.2) is 36.8 Å². The maximum atomic E-state index is 13.0. The van der Waals surface area contributed by atoms with E-state index in [9.17, 15) is 24.0 Å². The Bertz CT molecular complexity index is 1490. The Morgan fingerprint density at radius 1 is 0.682 bits per heavy atom. The van der Waals surface area contributed by atoms with Gasteiger partial charge < -0.3 is 52.3 Å². The molecule has 16 heteroatoms. The van der Waals surface area contributed by atoms with Crippen LogP contribution in [0.4, 0.5) is 17.1 Å². The van der Waals surface area contributed by atoms with Crippen molar-refractivity contribution in [3.63, 3.8) is 0 Å². The molecule has 240 valence electrons. The number of amides is 5. The minimum absolute atomic E-state index is 0. The number of aryl methyl sites for hydroxylation is 3. The maximum absolute atomic E-state index is 13.0. The number of hydrogen-bond donors (Lipinski definition) is 7. The van der Waals surface area contributed by atoms with E-state index in [2.05, 4.69) is 35.4 Å². The molecule has 0 aliphatic carbocycles. The highest BCUT2D eigenvalue weighted by molar-refractivity contribution is 6.07. The SMILES string of the molecule is Cn1cc(NC(=O)c2cc(NC(=O)c3cc(NC(=O)CCCC(=O)NO)cn3C)cn2C)cc1C(=O)NCCC[NH+](C)C.[Cl-]. The van der Waals surface area contributed by atoms with Gasteiger partial charge in [-0.3, -0.25) is 29.2 Å². The fraction of sp³-hybridized carbons (Fsp3) is 0.393. The first-order valence-corrected chi connectivity index (χ1v) is 13.8. The molecule has 0 bridgehead atoms. The Morgan fingerprint density at radius 3 is 1.57 bits per heavy atom. The van der Waals surface area contributed by atoms with Gasteiger partial charge in [0.25, 0.3) is 17.7 Å². The third-order valence-corrected chi connectivity index (χ3v) is 6.58. The Morgan fingerprint density at radius 2 is 1.11 bits per heavy atom. The van der Waals surface area contributed by atoms with E-state index in [-0.39, 0.29) is 54.9 Å². The molecule has 0 radical (unpaired) electrons. The smallest absolute Gasteiger partial charge is 0.272 e. The lowest BCUT2D eigenvalue weighted by molar-refractivity contribution is -0.858. The summed E-state index contributed by atoms with van der Waals surface area (Å²) >= 11 is 0. The van der Waals surface area contributed by atoms with Crippen molar-refractivity contribution in [2.75, 3.05) is 43.1 Å². The molecule has 3 aromatic rings. The van der Waals surface area contributed by atoms with Crippen LogP contribution in [0.2, 0.25) is 0 Å². The largest absolute Gasteiger partial charge is 1.00 e. The monoisotopic (exact) mass is 633 g/mol. The van der Waals surface area contributed by atoms with Gasteiger partial charge in [0.1, 0.15) is 17.1 Å². The van der Waals surface area contributed by atoms with E-state index in [0.29, 0.717) is 29.3 Å². The first-order valence-electron chi connectivity index (χ1n) is 13.8. The molecular formula is C28H40ClN9O6. The summed E-state index contributed by atoms with van der Waals surface area (Å²) in [6.45, 7) is 1.50. The molecule has 0 aliphatic heterocycles. The van der Waals surface area contributed by atoms with Crippen LogP contribution in [0.5, 0.6) is 0 Å². The van der Waals surface area contributed by atoms with Crippen LogP contribution in [0, 0.1) is 0 Å². The van der Waals surface area contributed by atoms with Crippen molar-refractivity contribution in [1.82, 2.24) is 24.5 Å². The molecule has 15 nitrogen and oxygen atoms in total. The molecule has 0 atom stereocenters. The number of quaternary nitrogens is 1. The minimum Gasteiger partial charge on any atom is -1.00 e. The fourth-order valence-corrected chi connectivity index (χ4v) is 4.39. The van der Waals surface area contributed by atoms with Gasteiger partial charge in [0.05, 0.1) is 37.7 Å². The lowest BCUT2D eigenvalue weighted by atomic mass is 10.2. The Kier molecular flexibility index (Phi) is 13.2. The summed E-state index contributed by atoms with van der Waals surface area (Å²) in [5.74, 6) is -2.01. The van der Waals surface area contributed by atoms with Gasteiger partial charge in [-0.2, -0.15) is 0 Å². The molecule has 0 fully saturated rings. The predicted molar refractivity (Wildman–Crippen MR) is 159 cm³/mol. The average Bonchev–Trinajstić information content (AvgIpc) is 3.61. The first kappa shape index (κ1) is 35.6. The molecule has 0 unspecified atom stereocenters. The first-order chi connectivity index (χ1) is 20.4. The van der Waals surface area contributed by atoms with Crippen LogP contribution in [-0.2, 0) is 30.7 Å². The maximum Gasteiger partial charge on any atom is 0.272 e. The summed E-state index contributed by atoms with van der Waals surface area (Å²) in [7, 11) is 9.15. The molecule has 0 aliphatic rings. The number of hydroxylamine groups is 1. The van der Waals surface area contributed by atoms with Crippen molar-refractivity contribution in [1.29, 1.82) is 0 Å². The van der Waals surface area contributed by atoms with Crippen LogP contribution < -0.4 is 44.1 Å². The summed E-state index contributed by atoms with van der Waals surface area (Å²) in [6, 6.07) is 4.65. The molecule has 7 N–H and O–H groups in total. The molecule has 0 spiro atoms. The highest BCUT2D eigenvalue weighted by Gasteiger charge is 2.19. The molecule has 3 rings (SSSR count). The van der Waals surface area contributed by atoms with Crippen molar-refractivity contribution in [2.45, 2.75) is 25.7 Å². The van der Waals surface area contributed by atoms with Crippen LogP contribution >= 0.6 is 0 Å². The number of nitrogens with zero attached hydrogens (tertiary/aromatic N) is 3. The Hall–Kier alpha value is -4.60. The number of carbonyl (C=O) groups excluding carboxylic acids is 5. The van der Waals surface area contributed by atoms with E-state index in [1.54, 1.807) is 59.5 Å². The lowest BCUT2D eigenvalue weighted by Gasteiger charge is -2.08. The molecule has 3 heterocycles. The van der Waals surface area contributed by atoms with E-state index in [1.807, 2.05) is 0 Å². The third kappa shape index (κ3) is 10.00. The molecule has 0 saturated carbocycles. The van der Waals surface area contributed by atoms with E-state index < -0.39 is 17.7 Å². The summed E-state index contributed by atoms with van der Waals surface area (Å²) in [5, 5.41) is 19.6. The molecule has 5 amide bonds. The van der Waals surface area contributed by atoms with Crippen molar-refractivity contribution in [3.8, 4) is 0 Å². The predicted octanol–water partition coefficient (Wildman–Crippen LogP) is -2.91. The number of aromatic nitrogens is 3. The van der Waals surface area contributed by atoms with Gasteiger partial charge in [-0.1, -0.05) is 0 Å². The number of anilines is 3. The highest BCUT2D eigenvalue weighted by Crippen LogP contribution is 2.20. The number of rotatable bonds is 14. The number of nitrogens with one attached hydrogen (secondary N) is 6. The molecule has 0 saturated heterocycles. The van der Waals surface area contributed by atoms with Crippen molar-refractivity contribution in [3.05, 3.63) is 53.9 Å². The van der Waals surface area contributed by atoms with E-state index in [4.69, 9.17) is 5.21 Å². The number of halogens is 1. The quantitative estimate of drug-likeness (QED) is 0.0567. The second-order valence-corrected chi connectivity index (χ2v) is 10.6. The van der Waals surface area contributed by atoms with Crippen molar-refractivity contribution in [2.24, 2.45) is 21.1 Å². The number of hydrogen-bond acceptors (Lipinski definition) is 6. The lowest BCUT2D eigenvalue weighted by Crippen LogP contribution is -3.05. The zero-order valence-electron chi connectivity index (χ0n) is 25.4. The van der Waals surface area contributed by atoms with E-state index >= 15 is 0 Å². The average molecular weight is 634 g/mol. The highest BCUT2D eigenvalue weighted by atomic mass is 35.5. The van der Waals surface area contributed by atoms with Crippen LogP contribution in [0.3, 0.4) is 0 Å². The molecule has 0 aromatic carbocycles. The van der Waals surface area contributed by atoms with Crippen molar-refractivity contribution < 1.29 is 46.5 Å². The molecule has 44 heavy (non-hydrogen) atoms. The second kappa shape index (κ2) is 16.3. The normalized spacial score (nSPS) is 10.6.